The smallest absolute Gasteiger partial charge is 0.119 e. The molecule has 3 nitrogen and oxygen atoms in total. The Morgan fingerprint density at radius 1 is 1.35 bits per heavy atom. The molecular weight excluding hydrogens is 214 g/mol. The van der Waals surface area contributed by atoms with Crippen molar-refractivity contribution in [1.29, 1.82) is 0 Å². The number of rotatable bonds is 7. The number of aliphatic hydroxyl groups excluding tert-OH is 1. The molecule has 0 heterocycles. The molecule has 0 aromatic heterocycles. The zero-order valence-corrected chi connectivity index (χ0v) is 10.9. The Hall–Kier alpha value is -1.06. The second-order valence-corrected chi connectivity index (χ2v) is 4.45. The van der Waals surface area contributed by atoms with Gasteiger partial charge in [0.15, 0.2) is 0 Å². The van der Waals surface area contributed by atoms with Crippen LogP contribution in [0, 0.1) is 5.92 Å². The van der Waals surface area contributed by atoms with Gasteiger partial charge < -0.3 is 15.2 Å². The van der Waals surface area contributed by atoms with Crippen LogP contribution in [0.2, 0.25) is 0 Å². The van der Waals surface area contributed by atoms with Gasteiger partial charge in [0, 0.05) is 18.6 Å². The maximum absolute atomic E-state index is 8.94. The third-order valence-electron chi connectivity index (χ3n) is 2.71. The van der Waals surface area contributed by atoms with Crippen LogP contribution in [0.4, 0.5) is 0 Å². The van der Waals surface area contributed by atoms with Gasteiger partial charge in [-0.25, -0.2) is 0 Å². The molecule has 0 amide bonds. The van der Waals surface area contributed by atoms with E-state index in [4.69, 9.17) is 9.84 Å². The molecule has 0 aliphatic carbocycles. The summed E-state index contributed by atoms with van der Waals surface area (Å²) in [6.07, 6.45) is 0. The molecule has 2 atom stereocenters. The molecule has 2 unspecified atom stereocenters. The van der Waals surface area contributed by atoms with Gasteiger partial charge in [-0.1, -0.05) is 26.0 Å². The molecule has 1 rings (SSSR count). The highest BCUT2D eigenvalue weighted by atomic mass is 16.5. The minimum Gasteiger partial charge on any atom is -0.493 e. The van der Waals surface area contributed by atoms with E-state index >= 15 is 0 Å². The normalized spacial score (nSPS) is 14.4. The first-order chi connectivity index (χ1) is 8.17. The van der Waals surface area contributed by atoms with Crippen molar-refractivity contribution in [2.24, 2.45) is 5.92 Å². The van der Waals surface area contributed by atoms with Gasteiger partial charge in [0.05, 0.1) is 6.61 Å². The number of hydrogen-bond donors (Lipinski definition) is 2. The second kappa shape index (κ2) is 7.30. The van der Waals surface area contributed by atoms with Gasteiger partial charge in [0.1, 0.15) is 5.75 Å². The van der Waals surface area contributed by atoms with Crippen LogP contribution in [0.15, 0.2) is 24.3 Å². The summed E-state index contributed by atoms with van der Waals surface area (Å²) in [5.74, 6) is 1.04. The minimum atomic E-state index is 0.160. The minimum absolute atomic E-state index is 0.160. The third kappa shape index (κ3) is 4.75. The predicted octanol–water partition coefficient (Wildman–Crippen LogP) is 2.36. The van der Waals surface area contributed by atoms with Crippen LogP contribution in [-0.4, -0.2) is 24.9 Å². The molecular formula is C14H23NO2. The molecule has 0 saturated heterocycles. The standard InChI is InChI=1S/C14H23NO2/c1-4-15-12(3)13-6-5-7-14(8-13)17-10-11(2)9-16/h5-8,11-12,15-16H,4,9-10H2,1-3H3. The van der Waals surface area contributed by atoms with Crippen molar-refractivity contribution >= 4 is 0 Å². The summed E-state index contributed by atoms with van der Waals surface area (Å²) in [5, 5.41) is 12.3. The van der Waals surface area contributed by atoms with Crippen LogP contribution in [0.5, 0.6) is 5.75 Å². The molecule has 0 saturated carbocycles. The molecule has 0 aliphatic rings. The second-order valence-electron chi connectivity index (χ2n) is 4.45. The first kappa shape index (κ1) is 14.0. The number of aliphatic hydroxyl groups is 1. The Balaban J connectivity index is 2.59. The lowest BCUT2D eigenvalue weighted by molar-refractivity contribution is 0.174. The molecule has 0 aliphatic heterocycles. The molecule has 17 heavy (non-hydrogen) atoms. The molecule has 96 valence electrons. The summed E-state index contributed by atoms with van der Waals surface area (Å²) < 4.78 is 5.64. The van der Waals surface area contributed by atoms with E-state index in [0.29, 0.717) is 12.6 Å². The molecule has 0 fully saturated rings. The van der Waals surface area contributed by atoms with E-state index in [0.717, 1.165) is 12.3 Å². The fourth-order valence-electron chi connectivity index (χ4n) is 1.59. The van der Waals surface area contributed by atoms with E-state index < -0.39 is 0 Å². The van der Waals surface area contributed by atoms with E-state index in [-0.39, 0.29) is 12.5 Å². The fraction of sp³-hybridized carbons (Fsp3) is 0.571. The van der Waals surface area contributed by atoms with Crippen molar-refractivity contribution in [2.45, 2.75) is 26.8 Å². The van der Waals surface area contributed by atoms with E-state index in [2.05, 4.69) is 31.3 Å². The topological polar surface area (TPSA) is 41.5 Å². The summed E-state index contributed by atoms with van der Waals surface area (Å²) in [6.45, 7) is 7.86. The van der Waals surface area contributed by atoms with Crippen molar-refractivity contribution in [3.8, 4) is 5.75 Å². The first-order valence-electron chi connectivity index (χ1n) is 6.24. The lowest BCUT2D eigenvalue weighted by Gasteiger charge is -2.15. The van der Waals surface area contributed by atoms with Gasteiger partial charge in [0.2, 0.25) is 0 Å². The van der Waals surface area contributed by atoms with Crippen molar-refractivity contribution < 1.29 is 9.84 Å². The molecule has 0 radical (unpaired) electrons. The van der Waals surface area contributed by atoms with Crippen LogP contribution in [-0.2, 0) is 0 Å². The average molecular weight is 237 g/mol. The lowest BCUT2D eigenvalue weighted by Crippen LogP contribution is -2.17. The average Bonchev–Trinajstić information content (AvgIpc) is 2.36. The molecule has 0 spiro atoms. The van der Waals surface area contributed by atoms with Gasteiger partial charge in [0.25, 0.3) is 0 Å². The Morgan fingerprint density at radius 2 is 2.12 bits per heavy atom. The largest absolute Gasteiger partial charge is 0.493 e. The van der Waals surface area contributed by atoms with Crippen LogP contribution in [0.3, 0.4) is 0 Å². The van der Waals surface area contributed by atoms with Gasteiger partial charge in [-0.2, -0.15) is 0 Å². The quantitative estimate of drug-likeness (QED) is 0.765. The molecule has 1 aromatic carbocycles. The highest BCUT2D eigenvalue weighted by Crippen LogP contribution is 2.19. The molecule has 3 heteroatoms. The molecule has 1 aromatic rings. The Bertz CT molecular complexity index is 328. The lowest BCUT2D eigenvalue weighted by atomic mass is 10.1. The number of ether oxygens (including phenoxy) is 1. The Kier molecular flexibility index (Phi) is 6.01. The summed E-state index contributed by atoms with van der Waals surface area (Å²) in [5.41, 5.74) is 1.22. The summed E-state index contributed by atoms with van der Waals surface area (Å²) in [4.78, 5) is 0. The Labute approximate surface area is 104 Å². The van der Waals surface area contributed by atoms with Crippen LogP contribution >= 0.6 is 0 Å². The maximum atomic E-state index is 8.94. The van der Waals surface area contributed by atoms with Crippen molar-refractivity contribution in [3.05, 3.63) is 29.8 Å². The highest BCUT2D eigenvalue weighted by molar-refractivity contribution is 5.30. The SMILES string of the molecule is CCNC(C)c1cccc(OCC(C)CO)c1. The van der Waals surface area contributed by atoms with Gasteiger partial charge in [-0.3, -0.25) is 0 Å². The van der Waals surface area contributed by atoms with Gasteiger partial charge >= 0.3 is 0 Å². The van der Waals surface area contributed by atoms with Gasteiger partial charge in [-0.15, -0.1) is 0 Å². The third-order valence-corrected chi connectivity index (χ3v) is 2.71. The van der Waals surface area contributed by atoms with E-state index in [1.165, 1.54) is 5.56 Å². The van der Waals surface area contributed by atoms with Gasteiger partial charge in [-0.05, 0) is 31.2 Å². The fourth-order valence-corrected chi connectivity index (χ4v) is 1.59. The van der Waals surface area contributed by atoms with E-state index in [1.807, 2.05) is 19.1 Å². The van der Waals surface area contributed by atoms with E-state index in [9.17, 15) is 0 Å². The van der Waals surface area contributed by atoms with Crippen LogP contribution in [0.1, 0.15) is 32.4 Å². The molecule has 0 bridgehead atoms. The first-order valence-corrected chi connectivity index (χ1v) is 6.24. The predicted molar refractivity (Wildman–Crippen MR) is 70.3 cm³/mol. The maximum Gasteiger partial charge on any atom is 0.119 e. The van der Waals surface area contributed by atoms with Crippen molar-refractivity contribution in [2.75, 3.05) is 19.8 Å². The van der Waals surface area contributed by atoms with Crippen LogP contribution < -0.4 is 10.1 Å². The van der Waals surface area contributed by atoms with E-state index in [1.54, 1.807) is 0 Å². The monoisotopic (exact) mass is 237 g/mol. The Morgan fingerprint density at radius 3 is 2.76 bits per heavy atom. The van der Waals surface area contributed by atoms with Crippen LogP contribution in [0.25, 0.3) is 0 Å². The zero-order chi connectivity index (χ0) is 12.7. The summed E-state index contributed by atoms with van der Waals surface area (Å²) >= 11 is 0. The number of nitrogens with one attached hydrogen (secondary N) is 1. The van der Waals surface area contributed by atoms with Crippen molar-refractivity contribution in [1.82, 2.24) is 5.32 Å². The highest BCUT2D eigenvalue weighted by Gasteiger charge is 2.06. The zero-order valence-electron chi connectivity index (χ0n) is 10.9. The molecule has 2 N–H and O–H groups in total. The number of hydrogen-bond acceptors (Lipinski definition) is 3. The number of benzene rings is 1. The summed E-state index contributed by atoms with van der Waals surface area (Å²) in [7, 11) is 0. The summed E-state index contributed by atoms with van der Waals surface area (Å²) in [6, 6.07) is 8.43. The van der Waals surface area contributed by atoms with Crippen molar-refractivity contribution in [3.63, 3.8) is 0 Å².